The topological polar surface area (TPSA) is 104 Å². The highest BCUT2D eigenvalue weighted by atomic mass is 35.5. The highest BCUT2D eigenvalue weighted by Gasteiger charge is 2.62. The van der Waals surface area contributed by atoms with Crippen LogP contribution < -0.4 is 26.7 Å². The number of alkyl halides is 3. The number of fused-ring (bicyclic) bond motifs is 1. The molecule has 0 spiro atoms. The molecule has 2 aliphatic heterocycles. The molecule has 1 aromatic heterocycles. The van der Waals surface area contributed by atoms with Gasteiger partial charge in [0.2, 0.25) is 0 Å². The zero-order valence-corrected chi connectivity index (χ0v) is 31.4. The van der Waals surface area contributed by atoms with Gasteiger partial charge in [-0.15, -0.1) is 11.8 Å². The van der Waals surface area contributed by atoms with Crippen LogP contribution in [0.25, 0.3) is 0 Å². The zero-order valence-electron chi connectivity index (χ0n) is 28.8. The average Bonchev–Trinajstić information content (AvgIpc) is 3.62. The van der Waals surface area contributed by atoms with Crippen LogP contribution in [-0.2, 0) is 19.5 Å². The van der Waals surface area contributed by atoms with Crippen molar-refractivity contribution in [3.63, 3.8) is 0 Å². The molecule has 6 rings (SSSR count). The van der Waals surface area contributed by atoms with E-state index in [0.29, 0.717) is 37.6 Å². The fourth-order valence-electron chi connectivity index (χ4n) is 6.20. The van der Waals surface area contributed by atoms with E-state index in [4.69, 9.17) is 25.5 Å². The molecule has 3 heterocycles. The van der Waals surface area contributed by atoms with Crippen LogP contribution in [0, 0.1) is 11.8 Å². The number of unbranched alkanes of at least 4 members (excludes halogenated alkanes) is 4. The van der Waals surface area contributed by atoms with Crippen LogP contribution in [0.5, 0.6) is 0 Å². The lowest BCUT2D eigenvalue weighted by Gasteiger charge is -2.35. The molecule has 278 valence electrons. The predicted molar refractivity (Wildman–Crippen MR) is 203 cm³/mol. The number of amides is 1. The standard InChI is InChI=1S/C38H38ClF3N4O5SSi/c1-53(28-14-8-6-9-15-28,29-16-10-7-11-17-29)49-25-34-50-33(26-52-34)46-23-20-32(45-35(46)47)43-22-13-5-3-2-4-12-21-37(38(40,41)42)30-24-27(39)18-19-31(30)44-36(48)51-37/h6-11,14-20,23-24,33-34H,2-5,13,22,25-26H2,1H3,(H,44,48)(H,43,45,47)/t33-,34+,37?/m1/s1. The highest BCUT2D eigenvalue weighted by Crippen LogP contribution is 2.48. The van der Waals surface area contributed by atoms with E-state index >= 15 is 0 Å². The lowest BCUT2D eigenvalue weighted by molar-refractivity contribution is -0.239. The summed E-state index contributed by atoms with van der Waals surface area (Å²) in [6.45, 7) is 3.13. The molecule has 0 aliphatic carbocycles. The third kappa shape index (κ3) is 8.93. The van der Waals surface area contributed by atoms with Crippen molar-refractivity contribution in [3.8, 4) is 11.8 Å². The predicted octanol–water partition coefficient (Wildman–Crippen LogP) is 7.28. The second kappa shape index (κ2) is 16.8. The Kier molecular flexibility index (Phi) is 12.2. The fourth-order valence-corrected chi connectivity index (χ4v) is 10.3. The molecule has 9 nitrogen and oxygen atoms in total. The Balaban J connectivity index is 0.945. The van der Waals surface area contributed by atoms with Gasteiger partial charge in [-0.05, 0) is 59.9 Å². The Labute approximate surface area is 315 Å². The second-order valence-electron chi connectivity index (χ2n) is 12.7. The van der Waals surface area contributed by atoms with E-state index in [0.717, 1.165) is 18.9 Å². The number of carbonyl (C=O) groups is 1. The number of hydrogen-bond donors (Lipinski definition) is 2. The Bertz CT molecular complexity index is 1970. The maximum absolute atomic E-state index is 14.2. The summed E-state index contributed by atoms with van der Waals surface area (Å²) in [7, 11) is -2.49. The normalized spacial score (nSPS) is 19.8. The van der Waals surface area contributed by atoms with Crippen molar-refractivity contribution in [2.75, 3.05) is 29.5 Å². The molecule has 15 heteroatoms. The molecule has 4 aromatic rings. The number of anilines is 2. The summed E-state index contributed by atoms with van der Waals surface area (Å²) in [6, 6.07) is 26.0. The molecular weight excluding hydrogens is 745 g/mol. The highest BCUT2D eigenvalue weighted by molar-refractivity contribution is 8.00. The summed E-state index contributed by atoms with van der Waals surface area (Å²) in [5, 5.41) is 7.83. The second-order valence-corrected chi connectivity index (χ2v) is 17.8. The van der Waals surface area contributed by atoms with E-state index in [-0.39, 0.29) is 28.1 Å². The first-order valence-electron chi connectivity index (χ1n) is 17.2. The number of hydrogen-bond acceptors (Lipinski definition) is 8. The summed E-state index contributed by atoms with van der Waals surface area (Å²) in [4.78, 5) is 29.1. The molecule has 1 saturated heterocycles. The third-order valence-corrected chi connectivity index (χ3v) is 14.0. The number of nitrogens with zero attached hydrogens (tertiary/aromatic N) is 2. The smallest absolute Gasteiger partial charge is 0.415 e. The van der Waals surface area contributed by atoms with Crippen LogP contribution in [0.2, 0.25) is 11.6 Å². The SMILES string of the molecule is C[Si](OC[C@H]1O[C@@H](n2ccc(NCCCCCCC#CC3(C(F)(F)F)OC(=O)Nc4ccc(Cl)cc43)nc2=O)CS1)(c1ccccc1)c1ccccc1. The molecule has 0 radical (unpaired) electrons. The molecule has 2 aliphatic rings. The van der Waals surface area contributed by atoms with Crippen LogP contribution in [0.15, 0.2) is 95.9 Å². The molecule has 1 unspecified atom stereocenters. The fraction of sp³-hybridized carbons (Fsp3) is 0.342. The first-order chi connectivity index (χ1) is 25.5. The van der Waals surface area contributed by atoms with Gasteiger partial charge in [0.25, 0.3) is 13.9 Å². The van der Waals surface area contributed by atoms with E-state index < -0.39 is 38.1 Å². The van der Waals surface area contributed by atoms with Crippen LogP contribution in [0.1, 0.15) is 43.9 Å². The van der Waals surface area contributed by atoms with Crippen molar-refractivity contribution >= 4 is 59.7 Å². The minimum Gasteiger partial charge on any atom is -0.415 e. The summed E-state index contributed by atoms with van der Waals surface area (Å²) in [5.41, 5.74) is -4.17. The van der Waals surface area contributed by atoms with Gasteiger partial charge in [-0.25, -0.2) is 9.59 Å². The number of ether oxygens (including phenoxy) is 2. The lowest BCUT2D eigenvalue weighted by atomic mass is 9.90. The van der Waals surface area contributed by atoms with E-state index in [1.165, 1.54) is 27.1 Å². The molecule has 1 fully saturated rings. The number of cyclic esters (lactones) is 1. The summed E-state index contributed by atoms with van der Waals surface area (Å²) < 4.78 is 61.9. The summed E-state index contributed by atoms with van der Waals surface area (Å²) in [5.74, 6) is 5.79. The maximum Gasteiger partial charge on any atom is 0.445 e. The number of nitrogens with one attached hydrogen (secondary N) is 2. The van der Waals surface area contributed by atoms with Gasteiger partial charge in [-0.3, -0.25) is 9.88 Å². The van der Waals surface area contributed by atoms with E-state index in [2.05, 4.69) is 58.3 Å². The molecular formula is C38H38ClF3N4O5SSi. The molecule has 3 atom stereocenters. The Morgan fingerprint density at radius 1 is 1.04 bits per heavy atom. The van der Waals surface area contributed by atoms with Crippen molar-refractivity contribution in [2.24, 2.45) is 0 Å². The van der Waals surface area contributed by atoms with Gasteiger partial charge < -0.3 is 19.2 Å². The van der Waals surface area contributed by atoms with Gasteiger partial charge in [-0.1, -0.05) is 91.0 Å². The quantitative estimate of drug-likeness (QED) is 0.0830. The van der Waals surface area contributed by atoms with Gasteiger partial charge in [0, 0.05) is 35.5 Å². The number of carbonyl (C=O) groups excluding carboxylic acids is 1. The average molecular weight is 783 g/mol. The number of aromatic nitrogens is 2. The molecule has 3 aromatic carbocycles. The Morgan fingerprint density at radius 3 is 2.42 bits per heavy atom. The van der Waals surface area contributed by atoms with Gasteiger partial charge in [0.15, 0.2) is 0 Å². The zero-order chi connectivity index (χ0) is 37.5. The van der Waals surface area contributed by atoms with Gasteiger partial charge >= 0.3 is 18.0 Å². The monoisotopic (exact) mass is 782 g/mol. The number of thioether (sulfide) groups is 1. The molecule has 0 bridgehead atoms. The van der Waals surface area contributed by atoms with Crippen molar-refractivity contribution in [2.45, 2.75) is 62.1 Å². The number of rotatable bonds is 13. The minimum absolute atomic E-state index is 0.0513. The molecule has 53 heavy (non-hydrogen) atoms. The third-order valence-electron chi connectivity index (χ3n) is 9.07. The van der Waals surface area contributed by atoms with Gasteiger partial charge in [0.1, 0.15) is 17.5 Å². The largest absolute Gasteiger partial charge is 0.445 e. The summed E-state index contributed by atoms with van der Waals surface area (Å²) >= 11 is 7.56. The van der Waals surface area contributed by atoms with Crippen LogP contribution in [0.4, 0.5) is 29.5 Å². The first kappa shape index (κ1) is 38.5. The van der Waals surface area contributed by atoms with Gasteiger partial charge in [0.05, 0.1) is 12.3 Å². The number of halogens is 4. The molecule has 1 amide bonds. The van der Waals surface area contributed by atoms with Crippen LogP contribution in [-0.4, -0.2) is 54.5 Å². The first-order valence-corrected chi connectivity index (χ1v) is 21.0. The van der Waals surface area contributed by atoms with Crippen LogP contribution >= 0.6 is 23.4 Å². The summed E-state index contributed by atoms with van der Waals surface area (Å²) in [6.07, 6.45) is -2.03. The van der Waals surface area contributed by atoms with Crippen molar-refractivity contribution in [3.05, 3.63) is 112 Å². The van der Waals surface area contributed by atoms with Crippen molar-refractivity contribution in [1.29, 1.82) is 0 Å². The minimum atomic E-state index is -4.98. The van der Waals surface area contributed by atoms with Gasteiger partial charge in [-0.2, -0.15) is 18.2 Å². The molecule has 0 saturated carbocycles. The van der Waals surface area contributed by atoms with E-state index in [1.54, 1.807) is 24.0 Å². The Morgan fingerprint density at radius 2 is 1.74 bits per heavy atom. The molecule has 2 N–H and O–H groups in total. The van der Waals surface area contributed by atoms with Crippen molar-refractivity contribution in [1.82, 2.24) is 9.55 Å². The van der Waals surface area contributed by atoms with Crippen LogP contribution in [0.3, 0.4) is 0 Å². The lowest BCUT2D eigenvalue weighted by Crippen LogP contribution is -2.59. The maximum atomic E-state index is 14.2. The van der Waals surface area contributed by atoms with Crippen molar-refractivity contribution < 1.29 is 31.9 Å². The Hall–Kier alpha value is -4.26. The number of benzene rings is 3. The van der Waals surface area contributed by atoms with E-state index in [1.807, 2.05) is 36.4 Å². The van der Waals surface area contributed by atoms with E-state index in [9.17, 15) is 22.8 Å².